The Balaban J connectivity index is 1.47. The summed E-state index contributed by atoms with van der Waals surface area (Å²) in [6.07, 6.45) is 1.88. The number of anilines is 2. The van der Waals surface area contributed by atoms with Gasteiger partial charge in [0.05, 0.1) is 6.54 Å². The summed E-state index contributed by atoms with van der Waals surface area (Å²) in [5, 5.41) is 0. The van der Waals surface area contributed by atoms with E-state index in [2.05, 4.69) is 9.97 Å². The normalized spacial score (nSPS) is 18.9. The quantitative estimate of drug-likeness (QED) is 0.787. The van der Waals surface area contributed by atoms with Crippen LogP contribution >= 0.6 is 0 Å². The number of hydrogen-bond donors (Lipinski definition) is 1. The largest absolute Gasteiger partial charge is 0.475 e. The third kappa shape index (κ3) is 4.40. The predicted octanol–water partition coefficient (Wildman–Crippen LogP) is 2.82. The van der Waals surface area contributed by atoms with Gasteiger partial charge in [0.2, 0.25) is 5.88 Å². The van der Waals surface area contributed by atoms with Crippen molar-refractivity contribution in [2.75, 3.05) is 36.9 Å². The van der Waals surface area contributed by atoms with E-state index in [4.69, 9.17) is 15.2 Å². The van der Waals surface area contributed by atoms with Gasteiger partial charge in [-0.15, -0.1) is 0 Å². The number of nitrogen functional groups attached to an aromatic ring is 1. The first kappa shape index (κ1) is 20.9. The van der Waals surface area contributed by atoms with E-state index in [1.165, 1.54) is 6.33 Å². The molecule has 164 valence electrons. The number of carbonyl (C=O) groups is 2. The Morgan fingerprint density at radius 3 is 2.65 bits per heavy atom. The molecule has 2 N–H and O–H groups in total. The fraction of sp³-hybridized carbons (Fsp3) is 0.455. The van der Waals surface area contributed by atoms with E-state index in [1.807, 2.05) is 45.0 Å². The van der Waals surface area contributed by atoms with Crippen molar-refractivity contribution in [2.24, 2.45) is 0 Å². The predicted molar refractivity (Wildman–Crippen MR) is 115 cm³/mol. The lowest BCUT2D eigenvalue weighted by Gasteiger charge is -2.24. The number of likely N-dealkylation sites (tertiary alicyclic amines) is 1. The first-order valence-corrected chi connectivity index (χ1v) is 10.4. The first-order chi connectivity index (χ1) is 14.7. The van der Waals surface area contributed by atoms with E-state index in [-0.39, 0.29) is 35.2 Å². The van der Waals surface area contributed by atoms with Crippen LogP contribution in [0.25, 0.3) is 0 Å². The van der Waals surface area contributed by atoms with Crippen molar-refractivity contribution < 1.29 is 19.1 Å². The van der Waals surface area contributed by atoms with E-state index < -0.39 is 5.60 Å². The zero-order valence-electron chi connectivity index (χ0n) is 18.0. The Morgan fingerprint density at radius 2 is 1.94 bits per heavy atom. The molecule has 1 aromatic heterocycles. The van der Waals surface area contributed by atoms with Crippen LogP contribution in [0.5, 0.6) is 5.88 Å². The molecular formula is C22H27N5O4. The van der Waals surface area contributed by atoms with Crippen LogP contribution < -0.4 is 15.4 Å². The van der Waals surface area contributed by atoms with Crippen molar-refractivity contribution in [3.8, 4) is 5.88 Å². The maximum atomic E-state index is 13.1. The molecule has 9 nitrogen and oxygen atoms in total. The van der Waals surface area contributed by atoms with Crippen molar-refractivity contribution in [1.82, 2.24) is 14.9 Å². The number of nitrogens with zero attached hydrogens (tertiary/aromatic N) is 4. The monoisotopic (exact) mass is 425 g/mol. The van der Waals surface area contributed by atoms with Crippen molar-refractivity contribution in [3.05, 3.63) is 41.7 Å². The van der Waals surface area contributed by atoms with Crippen LogP contribution in [0.15, 0.2) is 30.6 Å². The van der Waals surface area contributed by atoms with Gasteiger partial charge in [0.25, 0.3) is 5.91 Å². The molecule has 2 aromatic rings. The molecule has 1 unspecified atom stereocenters. The highest BCUT2D eigenvalue weighted by Gasteiger charge is 2.31. The van der Waals surface area contributed by atoms with Gasteiger partial charge >= 0.3 is 6.09 Å². The van der Waals surface area contributed by atoms with Crippen molar-refractivity contribution >= 4 is 23.5 Å². The number of hydrogen-bond acceptors (Lipinski definition) is 7. The summed E-state index contributed by atoms with van der Waals surface area (Å²) in [6, 6.07) is 7.83. The maximum Gasteiger partial charge on any atom is 0.410 e. The van der Waals surface area contributed by atoms with Gasteiger partial charge in [-0.25, -0.2) is 14.8 Å². The molecule has 3 heterocycles. The van der Waals surface area contributed by atoms with Crippen LogP contribution in [0.3, 0.4) is 0 Å². The highest BCUT2D eigenvalue weighted by atomic mass is 16.6. The Morgan fingerprint density at radius 1 is 1.19 bits per heavy atom. The molecule has 0 spiro atoms. The molecule has 2 amide bonds. The summed E-state index contributed by atoms with van der Waals surface area (Å²) in [5.41, 5.74) is 7.45. The fourth-order valence-corrected chi connectivity index (χ4v) is 3.86. The fourth-order valence-electron chi connectivity index (χ4n) is 3.86. The molecule has 0 bridgehead atoms. The third-order valence-electron chi connectivity index (χ3n) is 5.37. The molecule has 1 saturated heterocycles. The molecule has 4 rings (SSSR count). The minimum absolute atomic E-state index is 0.103. The molecule has 0 radical (unpaired) electrons. The average Bonchev–Trinajstić information content (AvgIpc) is 3.14. The summed E-state index contributed by atoms with van der Waals surface area (Å²) in [5.74, 6) is 0.265. The van der Waals surface area contributed by atoms with Crippen LogP contribution in [0, 0.1) is 0 Å². The molecule has 1 aromatic carbocycles. The molecule has 2 aliphatic heterocycles. The standard InChI is InChI=1S/C22H27N5O4/c1-22(2,3)31-21(29)26-9-8-15(12-26)14-4-6-16(7-5-14)27-10-11-30-19-17(20(27)28)18(23)24-13-25-19/h4-7,13,15H,8-12H2,1-3H3,(H2,23,24,25). The summed E-state index contributed by atoms with van der Waals surface area (Å²) < 4.78 is 11.1. The van der Waals surface area contributed by atoms with E-state index in [9.17, 15) is 9.59 Å². The molecule has 0 aliphatic carbocycles. The summed E-state index contributed by atoms with van der Waals surface area (Å²) in [4.78, 5) is 36.7. The number of amides is 2. The Labute approximate surface area is 181 Å². The lowest BCUT2D eigenvalue weighted by Crippen LogP contribution is -2.35. The van der Waals surface area contributed by atoms with Crippen LogP contribution in [-0.4, -0.2) is 58.7 Å². The minimum atomic E-state index is -0.507. The van der Waals surface area contributed by atoms with Crippen LogP contribution in [0.1, 0.15) is 49.0 Å². The van der Waals surface area contributed by atoms with Crippen LogP contribution in [0.4, 0.5) is 16.3 Å². The number of ether oxygens (including phenoxy) is 2. The summed E-state index contributed by atoms with van der Waals surface area (Å²) in [7, 11) is 0. The van der Waals surface area contributed by atoms with Crippen LogP contribution in [-0.2, 0) is 4.74 Å². The Kier molecular flexibility index (Phi) is 5.43. The number of rotatable bonds is 2. The second kappa shape index (κ2) is 8.05. The second-order valence-electron chi connectivity index (χ2n) is 8.75. The van der Waals surface area contributed by atoms with Crippen molar-refractivity contribution in [2.45, 2.75) is 38.7 Å². The summed E-state index contributed by atoms with van der Waals surface area (Å²) >= 11 is 0. The highest BCUT2D eigenvalue weighted by Crippen LogP contribution is 2.31. The second-order valence-corrected chi connectivity index (χ2v) is 8.75. The first-order valence-electron chi connectivity index (χ1n) is 10.4. The van der Waals surface area contributed by atoms with Gasteiger partial charge in [0.15, 0.2) is 0 Å². The Bertz CT molecular complexity index is 986. The number of benzene rings is 1. The maximum absolute atomic E-state index is 13.1. The molecule has 9 heteroatoms. The smallest absolute Gasteiger partial charge is 0.410 e. The van der Waals surface area contributed by atoms with Gasteiger partial charge in [-0.2, -0.15) is 0 Å². The number of aromatic nitrogens is 2. The van der Waals surface area contributed by atoms with Gasteiger partial charge in [0, 0.05) is 24.7 Å². The summed E-state index contributed by atoms with van der Waals surface area (Å²) in [6.45, 7) is 7.57. The molecular weight excluding hydrogens is 398 g/mol. The molecule has 31 heavy (non-hydrogen) atoms. The van der Waals surface area contributed by atoms with E-state index in [0.29, 0.717) is 26.2 Å². The average molecular weight is 425 g/mol. The Hall–Kier alpha value is -3.36. The van der Waals surface area contributed by atoms with E-state index in [0.717, 1.165) is 17.7 Å². The van der Waals surface area contributed by atoms with E-state index >= 15 is 0 Å². The van der Waals surface area contributed by atoms with Crippen LogP contribution in [0.2, 0.25) is 0 Å². The number of carbonyl (C=O) groups excluding carboxylic acids is 2. The lowest BCUT2D eigenvalue weighted by molar-refractivity contribution is 0.0292. The molecule has 2 aliphatic rings. The highest BCUT2D eigenvalue weighted by molar-refractivity contribution is 6.10. The van der Waals surface area contributed by atoms with Gasteiger partial charge in [-0.3, -0.25) is 4.79 Å². The molecule has 1 fully saturated rings. The SMILES string of the molecule is CC(C)(C)OC(=O)N1CCC(c2ccc(N3CCOc4ncnc(N)c4C3=O)cc2)C1. The minimum Gasteiger partial charge on any atom is -0.475 e. The topological polar surface area (TPSA) is 111 Å². The molecule has 1 atom stereocenters. The number of nitrogens with two attached hydrogens (primary N) is 1. The zero-order chi connectivity index (χ0) is 22.2. The van der Waals surface area contributed by atoms with Gasteiger partial charge in [-0.05, 0) is 44.9 Å². The van der Waals surface area contributed by atoms with Crippen molar-refractivity contribution in [1.29, 1.82) is 0 Å². The van der Waals surface area contributed by atoms with Crippen molar-refractivity contribution in [3.63, 3.8) is 0 Å². The third-order valence-corrected chi connectivity index (χ3v) is 5.37. The van der Waals surface area contributed by atoms with Gasteiger partial charge in [-0.1, -0.05) is 12.1 Å². The van der Waals surface area contributed by atoms with Gasteiger partial charge < -0.3 is 25.0 Å². The zero-order valence-corrected chi connectivity index (χ0v) is 18.0. The van der Waals surface area contributed by atoms with Gasteiger partial charge in [0.1, 0.15) is 29.9 Å². The number of fused-ring (bicyclic) bond motifs is 1. The molecule has 0 saturated carbocycles. The van der Waals surface area contributed by atoms with E-state index in [1.54, 1.807) is 9.80 Å². The lowest BCUT2D eigenvalue weighted by atomic mass is 9.98.